The third-order valence-corrected chi connectivity index (χ3v) is 6.79. The predicted molar refractivity (Wildman–Crippen MR) is 125 cm³/mol. The van der Waals surface area contributed by atoms with Crippen LogP contribution in [0.2, 0.25) is 0 Å². The zero-order chi connectivity index (χ0) is 22.9. The smallest absolute Gasteiger partial charge is 0.263 e. The van der Waals surface area contributed by atoms with Crippen LogP contribution in [0, 0.1) is 5.92 Å². The van der Waals surface area contributed by atoms with Crippen LogP contribution < -0.4 is 15.0 Å². The van der Waals surface area contributed by atoms with Gasteiger partial charge in [0.25, 0.3) is 11.8 Å². The molecular formula is C26H29N3O4. The number of imide groups is 1. The molecule has 1 N–H and O–H groups in total. The molecule has 33 heavy (non-hydrogen) atoms. The molecule has 2 heterocycles. The highest BCUT2D eigenvalue weighted by Gasteiger charge is 2.39. The van der Waals surface area contributed by atoms with Crippen molar-refractivity contribution in [3.8, 4) is 5.75 Å². The van der Waals surface area contributed by atoms with E-state index in [0.29, 0.717) is 36.7 Å². The Balaban J connectivity index is 1.32. The fourth-order valence-electron chi connectivity index (χ4n) is 4.81. The van der Waals surface area contributed by atoms with Gasteiger partial charge < -0.3 is 15.0 Å². The van der Waals surface area contributed by atoms with Crippen molar-refractivity contribution < 1.29 is 19.1 Å². The van der Waals surface area contributed by atoms with Crippen LogP contribution >= 0.6 is 0 Å². The van der Waals surface area contributed by atoms with Gasteiger partial charge in [0.15, 0.2) is 0 Å². The van der Waals surface area contributed by atoms with Crippen molar-refractivity contribution in [1.82, 2.24) is 10.2 Å². The van der Waals surface area contributed by atoms with Crippen LogP contribution in [0.4, 0.5) is 5.69 Å². The SMILES string of the molecule is COc1cccc(CCN2C(=O)c3cccc(N4CCC[C@H](C(=O)NC5CC5)C4)c3C2=O)c1. The van der Waals surface area contributed by atoms with Crippen molar-refractivity contribution in [3.63, 3.8) is 0 Å². The van der Waals surface area contributed by atoms with Crippen molar-refractivity contribution in [2.24, 2.45) is 5.92 Å². The first-order chi connectivity index (χ1) is 16.0. The number of benzene rings is 2. The molecule has 2 aromatic rings. The molecule has 0 unspecified atom stereocenters. The van der Waals surface area contributed by atoms with Crippen LogP contribution in [0.5, 0.6) is 5.75 Å². The second kappa shape index (κ2) is 8.89. The average molecular weight is 448 g/mol. The highest BCUT2D eigenvalue weighted by molar-refractivity contribution is 6.23. The number of methoxy groups -OCH3 is 1. The Bertz CT molecular complexity index is 1090. The van der Waals surface area contributed by atoms with Crippen LogP contribution in [-0.4, -0.2) is 55.4 Å². The number of ether oxygens (including phenoxy) is 1. The van der Waals surface area contributed by atoms with Crippen LogP contribution in [0.25, 0.3) is 0 Å². The number of carbonyl (C=O) groups excluding carboxylic acids is 3. The Hall–Kier alpha value is -3.35. The number of nitrogens with zero attached hydrogens (tertiary/aromatic N) is 2. The first-order valence-corrected chi connectivity index (χ1v) is 11.7. The van der Waals surface area contributed by atoms with Gasteiger partial charge in [-0.1, -0.05) is 18.2 Å². The Labute approximate surface area is 193 Å². The summed E-state index contributed by atoms with van der Waals surface area (Å²) in [5.41, 5.74) is 2.69. The van der Waals surface area contributed by atoms with Crippen LogP contribution in [0.1, 0.15) is 52.0 Å². The number of amides is 3. The molecule has 2 aliphatic heterocycles. The van der Waals surface area contributed by atoms with E-state index < -0.39 is 0 Å². The van der Waals surface area contributed by atoms with Gasteiger partial charge in [0.2, 0.25) is 5.91 Å². The van der Waals surface area contributed by atoms with E-state index in [1.54, 1.807) is 13.2 Å². The Morgan fingerprint density at radius 1 is 1.09 bits per heavy atom. The van der Waals surface area contributed by atoms with Gasteiger partial charge in [-0.05, 0) is 61.9 Å². The van der Waals surface area contributed by atoms with E-state index in [1.165, 1.54) is 4.90 Å². The summed E-state index contributed by atoms with van der Waals surface area (Å²) >= 11 is 0. The summed E-state index contributed by atoms with van der Waals surface area (Å²) in [6.45, 7) is 1.65. The summed E-state index contributed by atoms with van der Waals surface area (Å²) < 4.78 is 5.27. The van der Waals surface area contributed by atoms with E-state index in [0.717, 1.165) is 49.2 Å². The number of carbonyl (C=O) groups is 3. The van der Waals surface area contributed by atoms with Crippen molar-refractivity contribution in [3.05, 3.63) is 59.2 Å². The molecule has 1 saturated heterocycles. The third kappa shape index (κ3) is 4.32. The number of hydrogen-bond donors (Lipinski definition) is 1. The number of fused-ring (bicyclic) bond motifs is 1. The molecule has 7 heteroatoms. The summed E-state index contributed by atoms with van der Waals surface area (Å²) in [7, 11) is 1.62. The summed E-state index contributed by atoms with van der Waals surface area (Å²) in [5, 5.41) is 3.11. The van der Waals surface area contributed by atoms with E-state index in [9.17, 15) is 14.4 Å². The third-order valence-electron chi connectivity index (χ3n) is 6.79. The molecule has 1 saturated carbocycles. The molecule has 7 nitrogen and oxygen atoms in total. The minimum atomic E-state index is -0.252. The normalized spacial score (nSPS) is 20.1. The maximum absolute atomic E-state index is 13.4. The summed E-state index contributed by atoms with van der Waals surface area (Å²) in [6, 6.07) is 13.5. The van der Waals surface area contributed by atoms with E-state index in [2.05, 4.69) is 10.2 Å². The van der Waals surface area contributed by atoms with Gasteiger partial charge in [-0.3, -0.25) is 19.3 Å². The minimum Gasteiger partial charge on any atom is -0.497 e. The van der Waals surface area contributed by atoms with Crippen LogP contribution in [-0.2, 0) is 11.2 Å². The number of anilines is 1. The zero-order valence-electron chi connectivity index (χ0n) is 18.9. The second-order valence-electron chi connectivity index (χ2n) is 9.13. The van der Waals surface area contributed by atoms with Crippen molar-refractivity contribution in [2.45, 2.75) is 38.1 Å². The van der Waals surface area contributed by atoms with Gasteiger partial charge in [0.05, 0.1) is 29.8 Å². The minimum absolute atomic E-state index is 0.0911. The molecule has 0 aromatic heterocycles. The van der Waals surface area contributed by atoms with Gasteiger partial charge in [0.1, 0.15) is 5.75 Å². The quantitative estimate of drug-likeness (QED) is 0.660. The Kier molecular flexibility index (Phi) is 5.79. The topological polar surface area (TPSA) is 79.0 Å². The highest BCUT2D eigenvalue weighted by Crippen LogP contribution is 2.34. The maximum atomic E-state index is 13.4. The largest absolute Gasteiger partial charge is 0.497 e. The van der Waals surface area contributed by atoms with Gasteiger partial charge >= 0.3 is 0 Å². The average Bonchev–Trinajstić information content (AvgIpc) is 3.63. The van der Waals surface area contributed by atoms with E-state index >= 15 is 0 Å². The molecule has 0 bridgehead atoms. The lowest BCUT2D eigenvalue weighted by Gasteiger charge is -2.34. The Morgan fingerprint density at radius 3 is 2.70 bits per heavy atom. The van der Waals surface area contributed by atoms with Gasteiger partial charge in [-0.15, -0.1) is 0 Å². The molecule has 5 rings (SSSR count). The zero-order valence-corrected chi connectivity index (χ0v) is 18.9. The first kappa shape index (κ1) is 21.5. The molecular weight excluding hydrogens is 418 g/mol. The standard InChI is InChI=1S/C26H29N3O4/c1-33-20-7-2-5-17(15-20)12-14-29-25(31)21-8-3-9-22(23(21)26(29)32)28-13-4-6-18(16-28)24(30)27-19-10-11-19/h2-3,5,7-9,15,18-19H,4,6,10-14,16H2,1H3,(H,27,30)/t18-/m0/s1. The molecule has 3 amide bonds. The van der Waals surface area contributed by atoms with E-state index in [1.807, 2.05) is 36.4 Å². The lowest BCUT2D eigenvalue weighted by molar-refractivity contribution is -0.125. The molecule has 3 aliphatic rings. The molecule has 0 spiro atoms. The molecule has 2 fully saturated rings. The predicted octanol–water partition coefficient (Wildman–Crippen LogP) is 3.03. The number of piperidine rings is 1. The Morgan fingerprint density at radius 2 is 1.91 bits per heavy atom. The molecule has 1 aliphatic carbocycles. The van der Waals surface area contributed by atoms with Gasteiger partial charge in [0, 0.05) is 25.7 Å². The fraction of sp³-hybridized carbons (Fsp3) is 0.423. The lowest BCUT2D eigenvalue weighted by Crippen LogP contribution is -2.44. The van der Waals surface area contributed by atoms with Crippen LogP contribution in [0.3, 0.4) is 0 Å². The highest BCUT2D eigenvalue weighted by atomic mass is 16.5. The van der Waals surface area contributed by atoms with Gasteiger partial charge in [-0.25, -0.2) is 0 Å². The summed E-state index contributed by atoms with van der Waals surface area (Å²) in [4.78, 5) is 42.5. The summed E-state index contributed by atoms with van der Waals surface area (Å²) in [6.07, 6.45) is 4.43. The number of rotatable bonds is 7. The van der Waals surface area contributed by atoms with Gasteiger partial charge in [-0.2, -0.15) is 0 Å². The first-order valence-electron chi connectivity index (χ1n) is 11.7. The molecule has 172 valence electrons. The molecule has 1 atom stereocenters. The molecule has 0 radical (unpaired) electrons. The van der Waals surface area contributed by atoms with Crippen molar-refractivity contribution in [1.29, 1.82) is 0 Å². The number of nitrogens with one attached hydrogen (secondary N) is 1. The van der Waals surface area contributed by atoms with Crippen molar-refractivity contribution in [2.75, 3.05) is 31.6 Å². The number of hydrogen-bond acceptors (Lipinski definition) is 5. The fourth-order valence-corrected chi connectivity index (χ4v) is 4.81. The van der Waals surface area contributed by atoms with E-state index in [-0.39, 0.29) is 23.6 Å². The maximum Gasteiger partial charge on any atom is 0.263 e. The second-order valence-corrected chi connectivity index (χ2v) is 9.13. The monoisotopic (exact) mass is 447 g/mol. The summed E-state index contributed by atoms with van der Waals surface area (Å²) in [5.74, 6) is 0.268. The van der Waals surface area contributed by atoms with Crippen molar-refractivity contribution >= 4 is 23.4 Å². The van der Waals surface area contributed by atoms with E-state index in [4.69, 9.17) is 4.74 Å². The van der Waals surface area contributed by atoms with Crippen LogP contribution in [0.15, 0.2) is 42.5 Å². The lowest BCUT2D eigenvalue weighted by atomic mass is 9.95. The molecule has 2 aromatic carbocycles.